The van der Waals surface area contributed by atoms with Gasteiger partial charge in [0.1, 0.15) is 18.1 Å². The van der Waals surface area contributed by atoms with Crippen molar-refractivity contribution in [3.05, 3.63) is 108 Å². The lowest BCUT2D eigenvalue weighted by Crippen LogP contribution is -2.23. The highest BCUT2D eigenvalue weighted by Crippen LogP contribution is 2.33. The number of phenols is 1. The van der Waals surface area contributed by atoms with Gasteiger partial charge in [0.2, 0.25) is 0 Å². The minimum atomic E-state index is 0.139. The Kier molecular flexibility index (Phi) is 8.46. The van der Waals surface area contributed by atoms with Crippen molar-refractivity contribution >= 4 is 0 Å². The summed E-state index contributed by atoms with van der Waals surface area (Å²) in [5.74, 6) is 2.31. The van der Waals surface area contributed by atoms with Gasteiger partial charge in [0.15, 0.2) is 11.5 Å². The molecule has 4 aromatic rings. The zero-order valence-electron chi connectivity index (χ0n) is 21.9. The molecular weight excluding hydrogens is 474 g/mol. The van der Waals surface area contributed by atoms with Crippen LogP contribution in [0.3, 0.4) is 0 Å². The molecule has 38 heavy (non-hydrogen) atoms. The Morgan fingerprint density at radius 1 is 0.842 bits per heavy atom. The van der Waals surface area contributed by atoms with E-state index in [0.29, 0.717) is 31.4 Å². The summed E-state index contributed by atoms with van der Waals surface area (Å²) in [6, 6.07) is 30.8. The predicted octanol–water partition coefficient (Wildman–Crippen LogP) is 6.76. The van der Waals surface area contributed by atoms with E-state index >= 15 is 0 Å². The second kappa shape index (κ2) is 12.5. The van der Waals surface area contributed by atoms with Crippen molar-refractivity contribution in [3.63, 3.8) is 0 Å². The number of nitrogens with one attached hydrogen (secondary N) is 1. The van der Waals surface area contributed by atoms with E-state index < -0.39 is 0 Å². The number of rotatable bonds is 11. The van der Waals surface area contributed by atoms with Gasteiger partial charge in [-0.25, -0.2) is 0 Å². The molecule has 0 aromatic heterocycles. The molecule has 0 amide bonds. The van der Waals surface area contributed by atoms with Crippen molar-refractivity contribution < 1.29 is 19.3 Å². The van der Waals surface area contributed by atoms with Gasteiger partial charge in [0, 0.05) is 6.04 Å². The van der Waals surface area contributed by atoms with Gasteiger partial charge in [-0.15, -0.1) is 0 Å². The van der Waals surface area contributed by atoms with Gasteiger partial charge >= 0.3 is 0 Å². The van der Waals surface area contributed by atoms with Gasteiger partial charge in [-0.1, -0.05) is 54.6 Å². The Hall–Kier alpha value is -3.96. The van der Waals surface area contributed by atoms with E-state index in [1.165, 1.54) is 12.8 Å². The standard InChI is InChI=1S/C33H35NO4/c1-36-33-21-25(9-16-32(33)35)20-27-12-15-30(38-23-24-6-3-2-4-7-24)22-31(27)26-10-13-29(14-11-26)37-19-17-28-8-5-18-34-28/h2-4,6-7,9-16,21-22,28,34-35H,5,8,17-20,23H2,1H3. The first-order valence-corrected chi connectivity index (χ1v) is 13.3. The van der Waals surface area contributed by atoms with Crippen LogP contribution < -0.4 is 19.5 Å². The maximum atomic E-state index is 10.0. The molecule has 0 saturated carbocycles. The number of hydrogen-bond acceptors (Lipinski definition) is 5. The van der Waals surface area contributed by atoms with Crippen LogP contribution in [0.4, 0.5) is 0 Å². The van der Waals surface area contributed by atoms with E-state index in [9.17, 15) is 5.11 Å². The topological polar surface area (TPSA) is 60.0 Å². The van der Waals surface area contributed by atoms with Crippen LogP contribution in [0.25, 0.3) is 11.1 Å². The van der Waals surface area contributed by atoms with Crippen LogP contribution in [0.15, 0.2) is 91.0 Å². The largest absolute Gasteiger partial charge is 0.504 e. The highest BCUT2D eigenvalue weighted by atomic mass is 16.5. The predicted molar refractivity (Wildman–Crippen MR) is 151 cm³/mol. The first-order valence-electron chi connectivity index (χ1n) is 13.3. The minimum absolute atomic E-state index is 0.139. The molecule has 1 unspecified atom stereocenters. The Morgan fingerprint density at radius 2 is 1.66 bits per heavy atom. The lowest BCUT2D eigenvalue weighted by atomic mass is 9.94. The molecule has 1 aliphatic heterocycles. The fourth-order valence-corrected chi connectivity index (χ4v) is 4.91. The molecule has 5 heteroatoms. The molecule has 1 heterocycles. The normalized spacial score (nSPS) is 14.8. The van der Waals surface area contributed by atoms with Gasteiger partial charge in [0.25, 0.3) is 0 Å². The molecule has 1 fully saturated rings. The maximum Gasteiger partial charge on any atom is 0.160 e. The van der Waals surface area contributed by atoms with E-state index in [4.69, 9.17) is 14.2 Å². The molecule has 5 nitrogen and oxygen atoms in total. The van der Waals surface area contributed by atoms with Crippen molar-refractivity contribution in [2.24, 2.45) is 0 Å². The number of aromatic hydroxyl groups is 1. The summed E-state index contributed by atoms with van der Waals surface area (Å²) < 4.78 is 17.5. The van der Waals surface area contributed by atoms with E-state index in [-0.39, 0.29) is 5.75 Å². The van der Waals surface area contributed by atoms with Gasteiger partial charge in [-0.3, -0.25) is 0 Å². The zero-order chi connectivity index (χ0) is 26.2. The minimum Gasteiger partial charge on any atom is -0.504 e. The van der Waals surface area contributed by atoms with Crippen LogP contribution in [0.5, 0.6) is 23.0 Å². The smallest absolute Gasteiger partial charge is 0.160 e. The quantitative estimate of drug-likeness (QED) is 0.234. The first-order chi connectivity index (χ1) is 18.7. The molecule has 0 bridgehead atoms. The van der Waals surface area contributed by atoms with Gasteiger partial charge in [-0.2, -0.15) is 0 Å². The number of hydrogen-bond donors (Lipinski definition) is 2. The number of ether oxygens (including phenoxy) is 3. The number of phenolic OH excluding ortho intramolecular Hbond substituents is 1. The molecule has 2 N–H and O–H groups in total. The van der Waals surface area contributed by atoms with E-state index in [2.05, 4.69) is 41.7 Å². The molecule has 0 radical (unpaired) electrons. The van der Waals surface area contributed by atoms with Crippen LogP contribution in [0.2, 0.25) is 0 Å². The average Bonchev–Trinajstić information content (AvgIpc) is 3.48. The van der Waals surface area contributed by atoms with E-state index in [1.54, 1.807) is 13.2 Å². The van der Waals surface area contributed by atoms with Gasteiger partial charge in [-0.05, 0) is 96.4 Å². The molecular formula is C33H35NO4. The third-order valence-electron chi connectivity index (χ3n) is 7.03. The first kappa shape index (κ1) is 25.7. The monoisotopic (exact) mass is 509 g/mol. The summed E-state index contributed by atoms with van der Waals surface area (Å²) in [6.07, 6.45) is 4.22. The van der Waals surface area contributed by atoms with Crippen LogP contribution in [0.1, 0.15) is 36.0 Å². The lowest BCUT2D eigenvalue weighted by Gasteiger charge is -2.15. The third kappa shape index (κ3) is 6.67. The summed E-state index contributed by atoms with van der Waals surface area (Å²) in [5, 5.41) is 13.5. The van der Waals surface area contributed by atoms with Gasteiger partial charge < -0.3 is 24.6 Å². The molecule has 4 aromatic carbocycles. The number of benzene rings is 4. The molecule has 196 valence electrons. The van der Waals surface area contributed by atoms with Crippen LogP contribution in [-0.4, -0.2) is 31.4 Å². The highest BCUT2D eigenvalue weighted by molar-refractivity contribution is 5.70. The second-order valence-corrected chi connectivity index (χ2v) is 9.73. The third-order valence-corrected chi connectivity index (χ3v) is 7.03. The zero-order valence-corrected chi connectivity index (χ0v) is 21.9. The average molecular weight is 510 g/mol. The van der Waals surface area contributed by atoms with E-state index in [0.717, 1.165) is 52.3 Å². The fraction of sp³-hybridized carbons (Fsp3) is 0.273. The molecule has 1 atom stereocenters. The van der Waals surface area contributed by atoms with Crippen molar-refractivity contribution in [2.75, 3.05) is 20.3 Å². The van der Waals surface area contributed by atoms with Crippen LogP contribution in [-0.2, 0) is 13.0 Å². The van der Waals surface area contributed by atoms with Gasteiger partial charge in [0.05, 0.1) is 13.7 Å². The van der Waals surface area contributed by atoms with Crippen LogP contribution in [0, 0.1) is 0 Å². The highest BCUT2D eigenvalue weighted by Gasteiger charge is 2.14. The Bertz CT molecular complexity index is 1310. The summed E-state index contributed by atoms with van der Waals surface area (Å²) in [5.41, 5.74) is 5.54. The van der Waals surface area contributed by atoms with Crippen molar-refractivity contribution in [3.8, 4) is 34.1 Å². The summed E-state index contributed by atoms with van der Waals surface area (Å²) in [6.45, 7) is 2.35. The summed E-state index contributed by atoms with van der Waals surface area (Å²) in [4.78, 5) is 0. The molecule has 1 aliphatic rings. The maximum absolute atomic E-state index is 10.0. The lowest BCUT2D eigenvalue weighted by molar-refractivity contribution is 0.292. The molecule has 5 rings (SSSR count). The van der Waals surface area contributed by atoms with E-state index in [1.807, 2.05) is 48.5 Å². The SMILES string of the molecule is COc1cc(Cc2ccc(OCc3ccccc3)cc2-c2ccc(OCCC3CCCN3)cc2)ccc1O. The number of methoxy groups -OCH3 is 1. The van der Waals surface area contributed by atoms with Crippen molar-refractivity contribution in [2.45, 2.75) is 38.3 Å². The van der Waals surface area contributed by atoms with Crippen molar-refractivity contribution in [1.82, 2.24) is 5.32 Å². The second-order valence-electron chi connectivity index (χ2n) is 9.73. The molecule has 0 spiro atoms. The van der Waals surface area contributed by atoms with Crippen molar-refractivity contribution in [1.29, 1.82) is 0 Å². The Morgan fingerprint density at radius 3 is 2.42 bits per heavy atom. The summed E-state index contributed by atoms with van der Waals surface area (Å²) in [7, 11) is 1.57. The van der Waals surface area contributed by atoms with Crippen LogP contribution >= 0.6 is 0 Å². The molecule has 0 aliphatic carbocycles. The Labute approximate surface area is 225 Å². The Balaban J connectivity index is 1.36. The molecule has 1 saturated heterocycles. The fourth-order valence-electron chi connectivity index (χ4n) is 4.91. The summed E-state index contributed by atoms with van der Waals surface area (Å²) >= 11 is 0.